The molecule has 0 aliphatic carbocycles. The SMILES string of the molecule is Cc1c(C(=O)NCCCCC(=O)O)oc2c(Cl)cccc12. The zero-order valence-corrected chi connectivity index (χ0v) is 12.4. The highest BCUT2D eigenvalue weighted by Crippen LogP contribution is 2.30. The monoisotopic (exact) mass is 309 g/mol. The van der Waals surface area contributed by atoms with E-state index < -0.39 is 5.97 Å². The van der Waals surface area contributed by atoms with Crippen LogP contribution in [-0.2, 0) is 4.79 Å². The van der Waals surface area contributed by atoms with E-state index in [2.05, 4.69) is 5.32 Å². The highest BCUT2D eigenvalue weighted by Gasteiger charge is 2.18. The molecule has 1 aromatic carbocycles. The van der Waals surface area contributed by atoms with Crippen LogP contribution in [0.2, 0.25) is 5.02 Å². The zero-order valence-electron chi connectivity index (χ0n) is 11.6. The number of unbranched alkanes of at least 4 members (excludes halogenated alkanes) is 1. The molecule has 0 radical (unpaired) electrons. The number of hydrogen-bond donors (Lipinski definition) is 2. The fraction of sp³-hybridized carbons (Fsp3) is 0.333. The van der Waals surface area contributed by atoms with Crippen molar-refractivity contribution in [2.75, 3.05) is 6.54 Å². The normalized spacial score (nSPS) is 10.8. The number of nitrogens with one attached hydrogen (secondary N) is 1. The number of hydrogen-bond acceptors (Lipinski definition) is 3. The minimum Gasteiger partial charge on any atom is -0.481 e. The van der Waals surface area contributed by atoms with Crippen molar-refractivity contribution in [1.82, 2.24) is 5.32 Å². The lowest BCUT2D eigenvalue weighted by Gasteiger charge is -2.02. The molecule has 0 fully saturated rings. The Hall–Kier alpha value is -2.01. The van der Waals surface area contributed by atoms with Crippen molar-refractivity contribution in [3.63, 3.8) is 0 Å². The lowest BCUT2D eigenvalue weighted by molar-refractivity contribution is -0.137. The molecular formula is C15H16ClNO4. The topological polar surface area (TPSA) is 79.5 Å². The summed E-state index contributed by atoms with van der Waals surface area (Å²) in [5.41, 5.74) is 1.25. The summed E-state index contributed by atoms with van der Waals surface area (Å²) in [4.78, 5) is 22.5. The molecule has 5 nitrogen and oxygen atoms in total. The van der Waals surface area contributed by atoms with Gasteiger partial charge in [0.1, 0.15) is 0 Å². The Morgan fingerprint density at radius 2 is 2.10 bits per heavy atom. The van der Waals surface area contributed by atoms with Crippen LogP contribution < -0.4 is 5.32 Å². The third-order valence-corrected chi connectivity index (χ3v) is 3.52. The van der Waals surface area contributed by atoms with Gasteiger partial charge in [0.15, 0.2) is 11.3 Å². The Morgan fingerprint density at radius 3 is 2.76 bits per heavy atom. The maximum absolute atomic E-state index is 12.1. The third kappa shape index (κ3) is 3.55. The fourth-order valence-electron chi connectivity index (χ4n) is 2.11. The molecule has 0 saturated heterocycles. The molecule has 0 aliphatic heterocycles. The van der Waals surface area contributed by atoms with Crippen LogP contribution in [0.5, 0.6) is 0 Å². The number of aliphatic carboxylic acids is 1. The van der Waals surface area contributed by atoms with Gasteiger partial charge in [-0.05, 0) is 25.8 Å². The molecule has 0 aliphatic rings. The predicted molar refractivity (Wildman–Crippen MR) is 79.8 cm³/mol. The molecule has 0 unspecified atom stereocenters. The number of para-hydroxylation sites is 1. The Morgan fingerprint density at radius 1 is 1.33 bits per heavy atom. The van der Waals surface area contributed by atoms with Gasteiger partial charge in [0.25, 0.3) is 5.91 Å². The van der Waals surface area contributed by atoms with Crippen LogP contribution in [0.1, 0.15) is 35.4 Å². The van der Waals surface area contributed by atoms with Crippen LogP contribution in [0.15, 0.2) is 22.6 Å². The van der Waals surface area contributed by atoms with E-state index in [1.807, 2.05) is 13.0 Å². The van der Waals surface area contributed by atoms with Crippen molar-refractivity contribution in [1.29, 1.82) is 0 Å². The largest absolute Gasteiger partial charge is 0.481 e. The molecule has 2 N–H and O–H groups in total. The summed E-state index contributed by atoms with van der Waals surface area (Å²) in [5.74, 6) is -0.893. The summed E-state index contributed by atoms with van der Waals surface area (Å²) in [6, 6.07) is 5.37. The Balaban J connectivity index is 2.01. The van der Waals surface area contributed by atoms with Gasteiger partial charge in [-0.15, -0.1) is 0 Å². The van der Waals surface area contributed by atoms with Crippen molar-refractivity contribution in [2.24, 2.45) is 0 Å². The number of rotatable bonds is 6. The van der Waals surface area contributed by atoms with E-state index in [0.29, 0.717) is 30.0 Å². The quantitative estimate of drug-likeness (QED) is 0.802. The summed E-state index contributed by atoms with van der Waals surface area (Å²) in [7, 11) is 0. The van der Waals surface area contributed by atoms with E-state index in [4.69, 9.17) is 21.1 Å². The Kier molecular flexibility index (Phi) is 4.85. The minimum absolute atomic E-state index is 0.106. The molecule has 2 aromatic rings. The summed E-state index contributed by atoms with van der Waals surface area (Å²) < 4.78 is 5.55. The van der Waals surface area contributed by atoms with Crippen LogP contribution in [0, 0.1) is 6.92 Å². The Labute approximate surface area is 126 Å². The number of carboxylic acid groups (broad SMARTS) is 1. The lowest BCUT2D eigenvalue weighted by atomic mass is 10.1. The van der Waals surface area contributed by atoms with E-state index in [-0.39, 0.29) is 18.1 Å². The summed E-state index contributed by atoms with van der Waals surface area (Å²) in [6.07, 6.45) is 1.24. The fourth-order valence-corrected chi connectivity index (χ4v) is 2.32. The van der Waals surface area contributed by atoms with Gasteiger partial charge in [0.05, 0.1) is 5.02 Å². The van der Waals surface area contributed by atoms with Crippen LogP contribution >= 0.6 is 11.6 Å². The number of carbonyl (C=O) groups excluding carboxylic acids is 1. The molecule has 112 valence electrons. The highest BCUT2D eigenvalue weighted by atomic mass is 35.5. The van der Waals surface area contributed by atoms with E-state index in [1.165, 1.54) is 0 Å². The first-order valence-electron chi connectivity index (χ1n) is 6.68. The average Bonchev–Trinajstić information content (AvgIpc) is 2.77. The molecule has 0 atom stereocenters. The number of carbonyl (C=O) groups is 2. The van der Waals surface area contributed by atoms with Crippen molar-refractivity contribution in [3.05, 3.63) is 34.5 Å². The molecular weight excluding hydrogens is 294 g/mol. The van der Waals surface area contributed by atoms with Gasteiger partial charge in [-0.1, -0.05) is 23.7 Å². The van der Waals surface area contributed by atoms with Gasteiger partial charge in [0.2, 0.25) is 0 Å². The molecule has 0 bridgehead atoms. The Bertz CT molecular complexity index is 678. The molecule has 21 heavy (non-hydrogen) atoms. The van der Waals surface area contributed by atoms with Crippen LogP contribution in [0.4, 0.5) is 0 Å². The molecule has 0 saturated carbocycles. The molecule has 6 heteroatoms. The van der Waals surface area contributed by atoms with Crippen LogP contribution in [0.3, 0.4) is 0 Å². The summed E-state index contributed by atoms with van der Waals surface area (Å²) in [6.45, 7) is 2.22. The summed E-state index contributed by atoms with van der Waals surface area (Å²) >= 11 is 6.04. The summed E-state index contributed by atoms with van der Waals surface area (Å²) in [5, 5.41) is 12.5. The maximum Gasteiger partial charge on any atom is 0.303 e. The maximum atomic E-state index is 12.1. The molecule has 1 aromatic heterocycles. The standard InChI is InChI=1S/C15H16ClNO4/c1-9-10-5-4-6-11(16)14(10)21-13(9)15(20)17-8-3-2-7-12(18)19/h4-6H,2-3,7-8H2,1H3,(H,17,20)(H,18,19). The van der Waals surface area contributed by atoms with Gasteiger partial charge in [-0.3, -0.25) is 9.59 Å². The number of benzene rings is 1. The number of carboxylic acids is 1. The van der Waals surface area contributed by atoms with Crippen molar-refractivity contribution in [2.45, 2.75) is 26.2 Å². The van der Waals surface area contributed by atoms with E-state index in [9.17, 15) is 9.59 Å². The highest BCUT2D eigenvalue weighted by molar-refractivity contribution is 6.35. The number of furan rings is 1. The smallest absolute Gasteiger partial charge is 0.303 e. The lowest BCUT2D eigenvalue weighted by Crippen LogP contribution is -2.24. The second-order valence-corrected chi connectivity index (χ2v) is 5.19. The first-order valence-corrected chi connectivity index (χ1v) is 7.06. The average molecular weight is 310 g/mol. The van der Waals surface area contributed by atoms with E-state index in [1.54, 1.807) is 12.1 Å². The second-order valence-electron chi connectivity index (χ2n) is 4.78. The van der Waals surface area contributed by atoms with E-state index >= 15 is 0 Å². The number of aryl methyl sites for hydroxylation is 1. The first kappa shape index (κ1) is 15.4. The third-order valence-electron chi connectivity index (χ3n) is 3.22. The zero-order chi connectivity index (χ0) is 15.4. The van der Waals surface area contributed by atoms with Gasteiger partial charge in [0, 0.05) is 23.9 Å². The molecule has 1 heterocycles. The van der Waals surface area contributed by atoms with Gasteiger partial charge in [-0.25, -0.2) is 0 Å². The number of fused-ring (bicyclic) bond motifs is 1. The van der Waals surface area contributed by atoms with Crippen molar-refractivity contribution >= 4 is 34.4 Å². The molecule has 2 rings (SSSR count). The van der Waals surface area contributed by atoms with Crippen molar-refractivity contribution in [3.8, 4) is 0 Å². The predicted octanol–water partition coefficient (Wildman–Crippen LogP) is 3.38. The van der Waals surface area contributed by atoms with Gasteiger partial charge in [-0.2, -0.15) is 0 Å². The van der Waals surface area contributed by atoms with Gasteiger partial charge < -0.3 is 14.8 Å². The van der Waals surface area contributed by atoms with Crippen molar-refractivity contribution < 1.29 is 19.1 Å². The minimum atomic E-state index is -0.830. The molecule has 0 spiro atoms. The number of halogens is 1. The van der Waals surface area contributed by atoms with Crippen LogP contribution in [0.25, 0.3) is 11.0 Å². The van der Waals surface area contributed by atoms with E-state index in [0.717, 1.165) is 10.9 Å². The molecule has 1 amide bonds. The number of amides is 1. The first-order chi connectivity index (χ1) is 10.0. The van der Waals surface area contributed by atoms with Gasteiger partial charge >= 0.3 is 5.97 Å². The van der Waals surface area contributed by atoms with Crippen LogP contribution in [-0.4, -0.2) is 23.5 Å². The second kappa shape index (κ2) is 6.63.